The first-order valence-electron chi connectivity index (χ1n) is 9.35. The number of aromatic nitrogens is 2. The quantitative estimate of drug-likeness (QED) is 0.559. The van der Waals surface area contributed by atoms with Crippen molar-refractivity contribution in [2.45, 2.75) is 33.9 Å². The number of furan rings is 1. The normalized spacial score (nSPS) is 11.1. The summed E-state index contributed by atoms with van der Waals surface area (Å²) in [5.74, 6) is 0.695. The van der Waals surface area contributed by atoms with Gasteiger partial charge in [-0.05, 0) is 44.0 Å². The first-order chi connectivity index (χ1) is 13.5. The lowest BCUT2D eigenvalue weighted by Gasteiger charge is -2.13. The number of nitrogens with zero attached hydrogens (tertiary/aromatic N) is 2. The van der Waals surface area contributed by atoms with Gasteiger partial charge in [-0.25, -0.2) is 0 Å². The van der Waals surface area contributed by atoms with Crippen LogP contribution in [0.4, 0.5) is 0 Å². The van der Waals surface area contributed by atoms with Crippen LogP contribution in [0.25, 0.3) is 11.1 Å². The van der Waals surface area contributed by atoms with E-state index >= 15 is 0 Å². The van der Waals surface area contributed by atoms with Crippen molar-refractivity contribution in [2.75, 3.05) is 0 Å². The van der Waals surface area contributed by atoms with Crippen molar-refractivity contribution >= 4 is 17.0 Å². The molecule has 142 valence electrons. The van der Waals surface area contributed by atoms with Crippen LogP contribution in [0.15, 0.2) is 59.1 Å². The van der Waals surface area contributed by atoms with Crippen LogP contribution in [0.3, 0.4) is 0 Å². The highest BCUT2D eigenvalue weighted by Crippen LogP contribution is 2.26. The number of benzene rings is 1. The number of pyridine rings is 1. The summed E-state index contributed by atoms with van der Waals surface area (Å²) >= 11 is 0. The lowest BCUT2D eigenvalue weighted by atomic mass is 10.1. The van der Waals surface area contributed by atoms with E-state index in [1.54, 1.807) is 6.20 Å². The topological polar surface area (TPSA) is 60.1 Å². The maximum atomic E-state index is 12.9. The molecule has 1 aromatic carbocycles. The van der Waals surface area contributed by atoms with Gasteiger partial charge in [-0.15, -0.1) is 0 Å². The van der Waals surface area contributed by atoms with Gasteiger partial charge in [-0.2, -0.15) is 0 Å². The van der Waals surface area contributed by atoms with Gasteiger partial charge in [-0.3, -0.25) is 9.78 Å². The highest BCUT2D eigenvalue weighted by molar-refractivity contribution is 5.97. The third kappa shape index (κ3) is 3.56. The number of rotatable bonds is 5. The Morgan fingerprint density at radius 1 is 1.11 bits per heavy atom. The van der Waals surface area contributed by atoms with Crippen LogP contribution in [-0.4, -0.2) is 15.5 Å². The Balaban J connectivity index is 1.68. The molecule has 0 atom stereocenters. The summed E-state index contributed by atoms with van der Waals surface area (Å²) in [6.07, 6.45) is 1.72. The van der Waals surface area contributed by atoms with Crippen LogP contribution in [0.2, 0.25) is 0 Å². The van der Waals surface area contributed by atoms with E-state index in [9.17, 15) is 4.79 Å². The number of amides is 1. The van der Waals surface area contributed by atoms with Crippen molar-refractivity contribution < 1.29 is 9.21 Å². The number of hydrogen-bond acceptors (Lipinski definition) is 3. The van der Waals surface area contributed by atoms with E-state index in [0.717, 1.165) is 22.6 Å². The fourth-order valence-corrected chi connectivity index (χ4v) is 3.43. The minimum absolute atomic E-state index is 0.139. The molecule has 0 bridgehead atoms. The standard InChI is InChI=1S/C23H23N3O2/c1-15-7-8-16(2)18(10-15)14-26-20-11-17(3)28-22(20)12-21(26)23(27)25-13-19-6-4-5-9-24-19/h4-12H,13-14H2,1-3H3,(H,25,27). The zero-order chi connectivity index (χ0) is 19.7. The molecular weight excluding hydrogens is 350 g/mol. The molecular formula is C23H23N3O2. The van der Waals surface area contributed by atoms with E-state index in [4.69, 9.17) is 4.42 Å². The average Bonchev–Trinajstić information content (AvgIpc) is 3.20. The zero-order valence-corrected chi connectivity index (χ0v) is 16.3. The molecule has 4 rings (SSSR count). The van der Waals surface area contributed by atoms with Crippen molar-refractivity contribution in [3.05, 3.63) is 88.6 Å². The van der Waals surface area contributed by atoms with Crippen LogP contribution in [0.5, 0.6) is 0 Å². The second-order valence-corrected chi connectivity index (χ2v) is 7.16. The number of carbonyl (C=O) groups excluding carboxylic acids is 1. The van der Waals surface area contributed by atoms with E-state index < -0.39 is 0 Å². The summed E-state index contributed by atoms with van der Waals surface area (Å²) in [4.78, 5) is 17.2. The molecule has 5 heteroatoms. The summed E-state index contributed by atoms with van der Waals surface area (Å²) in [6.45, 7) is 7.09. The summed E-state index contributed by atoms with van der Waals surface area (Å²) in [5, 5.41) is 2.97. The van der Waals surface area contributed by atoms with Gasteiger partial charge in [0.15, 0.2) is 5.58 Å². The van der Waals surface area contributed by atoms with Gasteiger partial charge in [0.25, 0.3) is 5.91 Å². The first-order valence-corrected chi connectivity index (χ1v) is 9.35. The van der Waals surface area contributed by atoms with Crippen molar-refractivity contribution in [3.8, 4) is 0 Å². The van der Waals surface area contributed by atoms with Gasteiger partial charge >= 0.3 is 0 Å². The lowest BCUT2D eigenvalue weighted by Crippen LogP contribution is -2.26. The fourth-order valence-electron chi connectivity index (χ4n) is 3.43. The summed E-state index contributed by atoms with van der Waals surface area (Å²) in [5.41, 5.74) is 6.66. The van der Waals surface area contributed by atoms with Crippen LogP contribution in [-0.2, 0) is 13.1 Å². The Morgan fingerprint density at radius 3 is 2.75 bits per heavy atom. The molecule has 0 aliphatic rings. The minimum atomic E-state index is -0.139. The molecule has 28 heavy (non-hydrogen) atoms. The van der Waals surface area contributed by atoms with Crippen LogP contribution < -0.4 is 5.32 Å². The van der Waals surface area contributed by atoms with Gasteiger partial charge in [0.1, 0.15) is 11.5 Å². The molecule has 0 aliphatic carbocycles. The molecule has 0 unspecified atom stereocenters. The molecule has 5 nitrogen and oxygen atoms in total. The van der Waals surface area contributed by atoms with Crippen molar-refractivity contribution in [2.24, 2.45) is 0 Å². The molecule has 0 fully saturated rings. The maximum Gasteiger partial charge on any atom is 0.268 e. The fraction of sp³-hybridized carbons (Fsp3) is 0.217. The minimum Gasteiger partial charge on any atom is -0.460 e. The number of fused-ring (bicyclic) bond motifs is 1. The second kappa shape index (κ2) is 7.35. The summed E-state index contributed by atoms with van der Waals surface area (Å²) in [6, 6.07) is 15.9. The van der Waals surface area contributed by atoms with Crippen molar-refractivity contribution in [1.82, 2.24) is 14.9 Å². The average molecular weight is 373 g/mol. The Labute approximate surface area is 164 Å². The van der Waals surface area contributed by atoms with Crippen LogP contribution in [0, 0.1) is 20.8 Å². The summed E-state index contributed by atoms with van der Waals surface area (Å²) in [7, 11) is 0. The molecule has 0 radical (unpaired) electrons. The number of carbonyl (C=O) groups is 1. The monoisotopic (exact) mass is 373 g/mol. The van der Waals surface area contributed by atoms with Crippen LogP contribution >= 0.6 is 0 Å². The molecule has 3 heterocycles. The highest BCUT2D eigenvalue weighted by atomic mass is 16.3. The molecule has 0 saturated heterocycles. The highest BCUT2D eigenvalue weighted by Gasteiger charge is 2.19. The number of aryl methyl sites for hydroxylation is 3. The molecule has 4 aromatic rings. The van der Waals surface area contributed by atoms with Gasteiger partial charge in [0, 0.05) is 24.9 Å². The van der Waals surface area contributed by atoms with Crippen LogP contribution in [0.1, 0.15) is 38.6 Å². The first kappa shape index (κ1) is 18.0. The number of hydrogen-bond donors (Lipinski definition) is 1. The zero-order valence-electron chi connectivity index (χ0n) is 16.3. The maximum absolute atomic E-state index is 12.9. The third-order valence-corrected chi connectivity index (χ3v) is 4.93. The van der Waals surface area contributed by atoms with Gasteiger partial charge in [0.05, 0.1) is 17.8 Å². The predicted octanol–water partition coefficient (Wildman–Crippen LogP) is 4.53. The van der Waals surface area contributed by atoms with Crippen molar-refractivity contribution in [3.63, 3.8) is 0 Å². The van der Waals surface area contributed by atoms with Gasteiger partial charge in [-0.1, -0.05) is 29.8 Å². The van der Waals surface area contributed by atoms with E-state index in [1.165, 1.54) is 16.7 Å². The Morgan fingerprint density at radius 2 is 1.96 bits per heavy atom. The molecule has 0 aliphatic heterocycles. The second-order valence-electron chi connectivity index (χ2n) is 7.16. The van der Waals surface area contributed by atoms with Gasteiger partial charge < -0.3 is 14.3 Å². The van der Waals surface area contributed by atoms with E-state index in [-0.39, 0.29) is 5.91 Å². The predicted molar refractivity (Wildman–Crippen MR) is 109 cm³/mol. The van der Waals surface area contributed by atoms with E-state index in [0.29, 0.717) is 18.8 Å². The Hall–Kier alpha value is -3.34. The lowest BCUT2D eigenvalue weighted by molar-refractivity contribution is 0.0942. The van der Waals surface area contributed by atoms with E-state index in [2.05, 4.69) is 42.3 Å². The van der Waals surface area contributed by atoms with Gasteiger partial charge in [0.2, 0.25) is 0 Å². The number of nitrogens with one attached hydrogen (secondary N) is 1. The van der Waals surface area contributed by atoms with E-state index in [1.807, 2.05) is 41.8 Å². The largest absolute Gasteiger partial charge is 0.460 e. The smallest absolute Gasteiger partial charge is 0.268 e. The molecule has 3 aromatic heterocycles. The van der Waals surface area contributed by atoms with Crippen molar-refractivity contribution in [1.29, 1.82) is 0 Å². The third-order valence-electron chi connectivity index (χ3n) is 4.93. The SMILES string of the molecule is Cc1ccc(C)c(Cn2c(C(=O)NCc3ccccn3)cc3oc(C)cc32)c1. The molecule has 0 spiro atoms. The Kier molecular flexibility index (Phi) is 4.74. The molecule has 1 amide bonds. The Bertz CT molecular complexity index is 1140. The summed E-state index contributed by atoms with van der Waals surface area (Å²) < 4.78 is 7.81. The molecule has 0 saturated carbocycles. The molecule has 1 N–H and O–H groups in total.